The third-order valence-corrected chi connectivity index (χ3v) is 4.81. The summed E-state index contributed by atoms with van der Waals surface area (Å²) >= 11 is 1.67. The molecule has 0 aliphatic carbocycles. The number of thiazole rings is 1. The fourth-order valence-corrected chi connectivity index (χ4v) is 3.55. The van der Waals surface area contributed by atoms with E-state index in [2.05, 4.69) is 40.5 Å². The van der Waals surface area contributed by atoms with E-state index in [1.54, 1.807) is 11.3 Å². The first-order valence-corrected chi connectivity index (χ1v) is 7.81. The third-order valence-electron chi connectivity index (χ3n) is 3.86. The van der Waals surface area contributed by atoms with Crippen LogP contribution in [0.2, 0.25) is 0 Å². The van der Waals surface area contributed by atoms with E-state index in [0.29, 0.717) is 24.8 Å². The zero-order valence-corrected chi connectivity index (χ0v) is 13.4. The summed E-state index contributed by atoms with van der Waals surface area (Å²) in [4.78, 5) is 20.4. The number of likely N-dealkylation sites (N-methyl/N-ethyl adjacent to an activating group) is 1. The van der Waals surface area contributed by atoms with Crippen molar-refractivity contribution in [1.29, 1.82) is 0 Å². The minimum absolute atomic E-state index is 0.179. The normalized spacial score (nSPS) is 22.6. The Labute approximate surface area is 124 Å². The van der Waals surface area contributed by atoms with Crippen LogP contribution in [0.25, 0.3) is 0 Å². The van der Waals surface area contributed by atoms with E-state index < -0.39 is 0 Å². The molecule has 0 spiro atoms. The van der Waals surface area contributed by atoms with Crippen LogP contribution in [0, 0.1) is 5.92 Å². The molecule has 5 nitrogen and oxygen atoms in total. The second-order valence-corrected chi connectivity index (χ2v) is 6.45. The molecule has 0 radical (unpaired) electrons. The first-order chi connectivity index (χ1) is 9.51. The van der Waals surface area contributed by atoms with Crippen LogP contribution >= 0.6 is 11.3 Å². The van der Waals surface area contributed by atoms with Crippen LogP contribution in [-0.2, 0) is 16.0 Å². The van der Waals surface area contributed by atoms with Crippen LogP contribution < -0.4 is 4.90 Å². The lowest BCUT2D eigenvalue weighted by Crippen LogP contribution is -2.34. The molecule has 0 bridgehead atoms. The lowest BCUT2D eigenvalue weighted by Gasteiger charge is -2.22. The number of rotatable bonds is 5. The van der Waals surface area contributed by atoms with Gasteiger partial charge in [0.2, 0.25) is 0 Å². The smallest absolute Gasteiger partial charge is 0.305 e. The summed E-state index contributed by atoms with van der Waals surface area (Å²) in [6.45, 7) is 4.36. The zero-order chi connectivity index (χ0) is 14.7. The Bertz CT molecular complexity index is 461. The first kappa shape index (κ1) is 15.3. The van der Waals surface area contributed by atoms with Crippen LogP contribution in [-0.4, -0.2) is 56.2 Å². The summed E-state index contributed by atoms with van der Waals surface area (Å²) in [5, 5.41) is 3.12. The van der Waals surface area contributed by atoms with Crippen molar-refractivity contribution < 1.29 is 9.53 Å². The molecule has 112 valence electrons. The molecule has 1 saturated heterocycles. The van der Waals surface area contributed by atoms with Gasteiger partial charge in [0, 0.05) is 30.9 Å². The number of nitrogens with zero attached hydrogens (tertiary/aromatic N) is 3. The Balaban J connectivity index is 1.94. The molecule has 1 aliphatic rings. The molecule has 0 aromatic carbocycles. The molecule has 0 amide bonds. The van der Waals surface area contributed by atoms with Gasteiger partial charge in [-0.3, -0.25) is 4.79 Å². The van der Waals surface area contributed by atoms with Crippen molar-refractivity contribution in [3.63, 3.8) is 0 Å². The molecule has 6 heteroatoms. The fourth-order valence-electron chi connectivity index (χ4n) is 2.67. The van der Waals surface area contributed by atoms with Crippen LogP contribution in [0.1, 0.15) is 19.0 Å². The number of aryl methyl sites for hydroxylation is 1. The number of anilines is 1. The first-order valence-electron chi connectivity index (χ1n) is 6.94. The van der Waals surface area contributed by atoms with Crippen molar-refractivity contribution >= 4 is 22.4 Å². The lowest BCUT2D eigenvalue weighted by molar-refractivity contribution is -0.140. The number of methoxy groups -OCH3 is 1. The molecular formula is C14H23N3O2S. The van der Waals surface area contributed by atoms with Crippen molar-refractivity contribution in [3.05, 3.63) is 11.1 Å². The predicted octanol–water partition coefficient (Wildman–Crippen LogP) is 1.64. The number of hydrogen-bond donors (Lipinski definition) is 0. The monoisotopic (exact) mass is 297 g/mol. The van der Waals surface area contributed by atoms with Crippen LogP contribution in [0.5, 0.6) is 0 Å². The van der Waals surface area contributed by atoms with Crippen molar-refractivity contribution in [3.8, 4) is 0 Å². The van der Waals surface area contributed by atoms with E-state index in [9.17, 15) is 4.79 Å². The Morgan fingerprint density at radius 1 is 1.55 bits per heavy atom. The highest BCUT2D eigenvalue weighted by molar-refractivity contribution is 7.13. The Morgan fingerprint density at radius 3 is 2.90 bits per heavy atom. The predicted molar refractivity (Wildman–Crippen MR) is 81.3 cm³/mol. The molecule has 20 heavy (non-hydrogen) atoms. The Kier molecular flexibility index (Phi) is 4.99. The molecule has 1 aromatic heterocycles. The number of ether oxygens (including phenoxy) is 1. The SMILES string of the molecule is COC(=O)CCc1csc(N2CC(C)C(N(C)C)C2)n1. The maximum Gasteiger partial charge on any atom is 0.305 e. The van der Waals surface area contributed by atoms with Gasteiger partial charge >= 0.3 is 5.97 Å². The van der Waals surface area contributed by atoms with Gasteiger partial charge in [-0.25, -0.2) is 4.98 Å². The highest BCUT2D eigenvalue weighted by Gasteiger charge is 2.32. The van der Waals surface area contributed by atoms with Crippen molar-refractivity contribution in [2.75, 3.05) is 39.2 Å². The van der Waals surface area contributed by atoms with Crippen LogP contribution in [0.3, 0.4) is 0 Å². The molecule has 2 rings (SSSR count). The van der Waals surface area contributed by atoms with E-state index in [4.69, 9.17) is 0 Å². The summed E-state index contributed by atoms with van der Waals surface area (Å²) < 4.78 is 4.65. The quantitative estimate of drug-likeness (QED) is 0.773. The summed E-state index contributed by atoms with van der Waals surface area (Å²) in [6, 6.07) is 0.581. The topological polar surface area (TPSA) is 45.7 Å². The van der Waals surface area contributed by atoms with Crippen LogP contribution in [0.15, 0.2) is 5.38 Å². The van der Waals surface area contributed by atoms with E-state index in [1.165, 1.54) is 7.11 Å². The van der Waals surface area contributed by atoms with Gasteiger partial charge in [0.05, 0.1) is 19.2 Å². The number of aromatic nitrogens is 1. The minimum Gasteiger partial charge on any atom is -0.469 e. The van der Waals surface area contributed by atoms with Gasteiger partial charge in [0.15, 0.2) is 5.13 Å². The second-order valence-electron chi connectivity index (χ2n) is 5.61. The molecule has 2 atom stereocenters. The molecule has 2 heterocycles. The minimum atomic E-state index is -0.179. The fraction of sp³-hybridized carbons (Fsp3) is 0.714. The highest BCUT2D eigenvalue weighted by atomic mass is 32.1. The summed E-state index contributed by atoms with van der Waals surface area (Å²) in [6.07, 6.45) is 1.06. The molecule has 1 aromatic rings. The Hall–Kier alpha value is -1.14. The van der Waals surface area contributed by atoms with Gasteiger partial charge in [-0.2, -0.15) is 0 Å². The van der Waals surface area contributed by atoms with E-state index in [0.717, 1.165) is 23.9 Å². The average molecular weight is 297 g/mol. The number of carbonyl (C=O) groups excluding carboxylic acids is 1. The van der Waals surface area contributed by atoms with Crippen molar-refractivity contribution in [1.82, 2.24) is 9.88 Å². The largest absolute Gasteiger partial charge is 0.469 e. The van der Waals surface area contributed by atoms with Gasteiger partial charge < -0.3 is 14.5 Å². The summed E-state index contributed by atoms with van der Waals surface area (Å²) in [5.74, 6) is 0.467. The third kappa shape index (κ3) is 3.49. The zero-order valence-electron chi connectivity index (χ0n) is 12.6. The van der Waals surface area contributed by atoms with Gasteiger partial charge in [0.25, 0.3) is 0 Å². The van der Waals surface area contributed by atoms with Gasteiger partial charge in [-0.1, -0.05) is 6.92 Å². The molecule has 0 N–H and O–H groups in total. The molecule has 1 aliphatic heterocycles. The molecule has 0 saturated carbocycles. The highest BCUT2D eigenvalue weighted by Crippen LogP contribution is 2.28. The average Bonchev–Trinajstić information content (AvgIpc) is 3.02. The summed E-state index contributed by atoms with van der Waals surface area (Å²) in [5.41, 5.74) is 0.983. The number of esters is 1. The van der Waals surface area contributed by atoms with Crippen LogP contribution in [0.4, 0.5) is 5.13 Å². The number of hydrogen-bond acceptors (Lipinski definition) is 6. The van der Waals surface area contributed by atoms with E-state index in [1.807, 2.05) is 5.38 Å². The summed E-state index contributed by atoms with van der Waals surface area (Å²) in [7, 11) is 5.68. The lowest BCUT2D eigenvalue weighted by atomic mass is 10.1. The van der Waals surface area contributed by atoms with E-state index >= 15 is 0 Å². The Morgan fingerprint density at radius 2 is 2.30 bits per heavy atom. The second kappa shape index (κ2) is 6.54. The van der Waals surface area contributed by atoms with Gasteiger partial charge in [-0.05, 0) is 20.0 Å². The maximum absolute atomic E-state index is 11.1. The van der Waals surface area contributed by atoms with E-state index in [-0.39, 0.29) is 5.97 Å². The molecule has 2 unspecified atom stereocenters. The molecule has 1 fully saturated rings. The van der Waals surface area contributed by atoms with Crippen molar-refractivity contribution in [2.45, 2.75) is 25.8 Å². The number of carbonyl (C=O) groups is 1. The van der Waals surface area contributed by atoms with Gasteiger partial charge in [0.1, 0.15) is 0 Å². The maximum atomic E-state index is 11.1. The molecular weight excluding hydrogens is 274 g/mol. The van der Waals surface area contributed by atoms with Gasteiger partial charge in [-0.15, -0.1) is 11.3 Å². The standard InChI is InChI=1S/C14H23N3O2S/c1-10-7-17(8-12(10)16(2)3)14-15-11(9-20-14)5-6-13(18)19-4/h9-10,12H,5-8H2,1-4H3. The van der Waals surface area contributed by atoms with Crippen molar-refractivity contribution in [2.24, 2.45) is 5.92 Å².